The maximum Gasteiger partial charge on any atom is 0.255 e. The molecule has 0 spiro atoms. The Labute approximate surface area is 190 Å². The van der Waals surface area contributed by atoms with Crippen LogP contribution in [0.25, 0.3) is 11.0 Å². The summed E-state index contributed by atoms with van der Waals surface area (Å²) in [5.41, 5.74) is 3.70. The molecule has 5 nitrogen and oxygen atoms in total. The van der Waals surface area contributed by atoms with E-state index in [2.05, 4.69) is 61.8 Å². The summed E-state index contributed by atoms with van der Waals surface area (Å²) in [5, 5.41) is 9.64. The van der Waals surface area contributed by atoms with Crippen LogP contribution < -0.4 is 0 Å². The van der Waals surface area contributed by atoms with Gasteiger partial charge in [-0.2, -0.15) is 5.10 Å². The van der Waals surface area contributed by atoms with E-state index in [4.69, 9.17) is 4.98 Å². The first kappa shape index (κ1) is 20.4. The minimum absolute atomic E-state index is 0.0339. The Bertz CT molecular complexity index is 1240. The lowest BCUT2D eigenvalue weighted by Gasteiger charge is -2.35. The standard InChI is InChI=1S/C24H26N4OS2/c1-14(2)19-12-17(18-13-25-28(15(3)4)23(18)26-19)24(29)27-9-7-20-16(8-11-31-20)22(27)21-6-5-10-30-21/h5-6,8,10-15,22H,7,9H2,1-4H3. The van der Waals surface area contributed by atoms with Crippen molar-refractivity contribution in [3.8, 4) is 0 Å². The van der Waals surface area contributed by atoms with E-state index >= 15 is 0 Å². The molecule has 4 aromatic rings. The van der Waals surface area contributed by atoms with Crippen LogP contribution in [0.15, 0.2) is 41.2 Å². The highest BCUT2D eigenvalue weighted by atomic mass is 32.1. The molecule has 0 saturated heterocycles. The SMILES string of the molecule is CC(C)c1cc(C(=O)N2CCc3sccc3C2c2cccs2)c2cnn(C(C)C)c2n1. The summed E-state index contributed by atoms with van der Waals surface area (Å²) in [7, 11) is 0. The molecule has 5 rings (SSSR count). The van der Waals surface area contributed by atoms with Gasteiger partial charge in [0.15, 0.2) is 5.65 Å². The third-order valence-corrected chi connectivity index (χ3v) is 7.86. The number of pyridine rings is 1. The number of rotatable bonds is 4. The van der Waals surface area contributed by atoms with Gasteiger partial charge in [-0.1, -0.05) is 19.9 Å². The van der Waals surface area contributed by atoms with Gasteiger partial charge in [0.2, 0.25) is 0 Å². The molecular formula is C24H26N4OS2. The predicted molar refractivity (Wildman–Crippen MR) is 127 cm³/mol. The van der Waals surface area contributed by atoms with Crippen molar-refractivity contribution in [1.82, 2.24) is 19.7 Å². The van der Waals surface area contributed by atoms with E-state index in [1.807, 2.05) is 15.6 Å². The van der Waals surface area contributed by atoms with Gasteiger partial charge in [-0.05, 0) is 60.7 Å². The predicted octanol–water partition coefficient (Wildman–Crippen LogP) is 6.05. The Morgan fingerprint density at radius 2 is 2.00 bits per heavy atom. The highest BCUT2D eigenvalue weighted by Crippen LogP contribution is 2.40. The normalized spacial score (nSPS) is 16.5. The van der Waals surface area contributed by atoms with Gasteiger partial charge in [0.25, 0.3) is 5.91 Å². The quantitative estimate of drug-likeness (QED) is 0.380. The van der Waals surface area contributed by atoms with Crippen LogP contribution in [0.2, 0.25) is 0 Å². The number of fused-ring (bicyclic) bond motifs is 2. The summed E-state index contributed by atoms with van der Waals surface area (Å²) in [6, 6.07) is 8.52. The summed E-state index contributed by atoms with van der Waals surface area (Å²) in [6.45, 7) is 9.13. The second-order valence-electron chi connectivity index (χ2n) is 8.64. The number of amides is 1. The van der Waals surface area contributed by atoms with Crippen molar-refractivity contribution in [2.75, 3.05) is 6.54 Å². The maximum atomic E-state index is 14.1. The molecule has 0 bridgehead atoms. The number of nitrogens with zero attached hydrogens (tertiary/aromatic N) is 4. The Kier molecular flexibility index (Phi) is 5.18. The summed E-state index contributed by atoms with van der Waals surface area (Å²) in [5.74, 6) is 0.289. The van der Waals surface area contributed by atoms with Crippen molar-refractivity contribution in [1.29, 1.82) is 0 Å². The van der Waals surface area contributed by atoms with Gasteiger partial charge in [-0.3, -0.25) is 4.79 Å². The zero-order valence-electron chi connectivity index (χ0n) is 18.2. The minimum atomic E-state index is -0.0339. The summed E-state index contributed by atoms with van der Waals surface area (Å²) in [4.78, 5) is 23.6. The Morgan fingerprint density at radius 1 is 1.16 bits per heavy atom. The van der Waals surface area contributed by atoms with Crippen molar-refractivity contribution >= 4 is 39.6 Å². The van der Waals surface area contributed by atoms with Crippen molar-refractivity contribution in [2.45, 2.75) is 52.1 Å². The Morgan fingerprint density at radius 3 is 2.71 bits per heavy atom. The molecule has 0 aromatic carbocycles. The third kappa shape index (κ3) is 3.40. The molecule has 5 heterocycles. The third-order valence-electron chi connectivity index (χ3n) is 5.94. The first-order valence-corrected chi connectivity index (χ1v) is 12.5. The molecule has 0 N–H and O–H groups in total. The maximum absolute atomic E-state index is 14.1. The van der Waals surface area contributed by atoms with Crippen LogP contribution in [0, 0.1) is 0 Å². The Hall–Kier alpha value is -2.51. The number of thiophene rings is 2. The van der Waals surface area contributed by atoms with E-state index in [1.54, 1.807) is 28.9 Å². The molecule has 7 heteroatoms. The van der Waals surface area contributed by atoms with Crippen LogP contribution in [-0.4, -0.2) is 32.1 Å². The summed E-state index contributed by atoms with van der Waals surface area (Å²) < 4.78 is 1.92. The lowest BCUT2D eigenvalue weighted by Crippen LogP contribution is -2.40. The lowest BCUT2D eigenvalue weighted by atomic mass is 9.96. The molecule has 160 valence electrons. The minimum Gasteiger partial charge on any atom is -0.326 e. The van der Waals surface area contributed by atoms with Crippen LogP contribution in [0.3, 0.4) is 0 Å². The van der Waals surface area contributed by atoms with Crippen molar-refractivity contribution in [2.24, 2.45) is 0 Å². The van der Waals surface area contributed by atoms with Crippen LogP contribution in [0.4, 0.5) is 0 Å². The van der Waals surface area contributed by atoms with Crippen molar-refractivity contribution < 1.29 is 4.79 Å². The molecule has 4 aromatic heterocycles. The van der Waals surface area contributed by atoms with Gasteiger partial charge in [0, 0.05) is 28.0 Å². The van der Waals surface area contributed by atoms with Gasteiger partial charge in [-0.15, -0.1) is 22.7 Å². The monoisotopic (exact) mass is 450 g/mol. The van der Waals surface area contributed by atoms with Crippen LogP contribution in [-0.2, 0) is 6.42 Å². The molecule has 1 aliphatic rings. The van der Waals surface area contributed by atoms with Crippen molar-refractivity contribution in [3.63, 3.8) is 0 Å². The van der Waals surface area contributed by atoms with Crippen molar-refractivity contribution in [3.05, 3.63) is 67.8 Å². The highest BCUT2D eigenvalue weighted by Gasteiger charge is 2.35. The highest BCUT2D eigenvalue weighted by molar-refractivity contribution is 7.10. The average molecular weight is 451 g/mol. The second-order valence-corrected chi connectivity index (χ2v) is 10.6. The van der Waals surface area contributed by atoms with Gasteiger partial charge < -0.3 is 4.90 Å². The summed E-state index contributed by atoms with van der Waals surface area (Å²) in [6.07, 6.45) is 2.71. The molecule has 1 amide bonds. The lowest BCUT2D eigenvalue weighted by molar-refractivity contribution is 0.0700. The van der Waals surface area contributed by atoms with Gasteiger partial charge >= 0.3 is 0 Å². The molecule has 0 fully saturated rings. The molecule has 1 aliphatic heterocycles. The van der Waals surface area contributed by atoms with E-state index in [0.717, 1.165) is 23.1 Å². The summed E-state index contributed by atoms with van der Waals surface area (Å²) >= 11 is 3.51. The molecule has 1 atom stereocenters. The van der Waals surface area contributed by atoms with E-state index in [0.29, 0.717) is 12.1 Å². The second kappa shape index (κ2) is 7.88. The number of aromatic nitrogens is 3. The fourth-order valence-corrected chi connectivity index (χ4v) is 6.09. The fourth-order valence-electron chi connectivity index (χ4n) is 4.33. The number of hydrogen-bond acceptors (Lipinski definition) is 5. The number of carbonyl (C=O) groups excluding carboxylic acids is 1. The first-order valence-electron chi connectivity index (χ1n) is 10.7. The fraction of sp³-hybridized carbons (Fsp3) is 0.375. The zero-order chi connectivity index (χ0) is 21.7. The molecule has 31 heavy (non-hydrogen) atoms. The van der Waals surface area contributed by atoms with E-state index in [-0.39, 0.29) is 23.9 Å². The van der Waals surface area contributed by atoms with Crippen LogP contribution in [0.5, 0.6) is 0 Å². The number of hydrogen-bond donors (Lipinski definition) is 0. The van der Waals surface area contributed by atoms with Crippen LogP contribution in [0.1, 0.15) is 77.1 Å². The van der Waals surface area contributed by atoms with Gasteiger partial charge in [-0.25, -0.2) is 9.67 Å². The molecule has 0 saturated carbocycles. The van der Waals surface area contributed by atoms with Gasteiger partial charge in [0.05, 0.1) is 23.2 Å². The Balaban J connectivity index is 1.66. The van der Waals surface area contributed by atoms with E-state index in [9.17, 15) is 4.79 Å². The molecular weight excluding hydrogens is 424 g/mol. The topological polar surface area (TPSA) is 51.0 Å². The van der Waals surface area contributed by atoms with E-state index < -0.39 is 0 Å². The number of carbonyl (C=O) groups is 1. The largest absolute Gasteiger partial charge is 0.326 e. The van der Waals surface area contributed by atoms with Crippen LogP contribution >= 0.6 is 22.7 Å². The molecule has 0 radical (unpaired) electrons. The molecule has 1 unspecified atom stereocenters. The molecule has 0 aliphatic carbocycles. The van der Waals surface area contributed by atoms with Gasteiger partial charge in [0.1, 0.15) is 0 Å². The van der Waals surface area contributed by atoms with E-state index in [1.165, 1.54) is 15.3 Å². The zero-order valence-corrected chi connectivity index (χ0v) is 19.8. The smallest absolute Gasteiger partial charge is 0.255 e. The average Bonchev–Trinajstić information content (AvgIpc) is 3.51. The first-order chi connectivity index (χ1) is 15.0.